The molecule has 35 heavy (non-hydrogen) atoms. The fourth-order valence-corrected chi connectivity index (χ4v) is 4.23. The lowest BCUT2D eigenvalue weighted by Crippen LogP contribution is -2.11. The molecular formula is C22H19IN2O9S. The van der Waals surface area contributed by atoms with Gasteiger partial charge in [-0.15, -0.1) is 10.2 Å². The van der Waals surface area contributed by atoms with Gasteiger partial charge in [0.15, 0.2) is 18.1 Å². The summed E-state index contributed by atoms with van der Waals surface area (Å²) < 4.78 is 27.2. The van der Waals surface area contributed by atoms with Gasteiger partial charge in [-0.2, -0.15) is 0 Å². The average molecular weight is 614 g/mol. The third kappa shape index (κ3) is 6.79. The fourth-order valence-electron chi connectivity index (χ4n) is 2.78. The van der Waals surface area contributed by atoms with Gasteiger partial charge in [-0.3, -0.25) is 0 Å². The Balaban J connectivity index is 1.89. The second kappa shape index (κ2) is 11.8. The number of nitrogens with zero attached hydrogens (tertiary/aromatic N) is 2. The number of halogens is 1. The van der Waals surface area contributed by atoms with E-state index in [1.807, 2.05) is 22.6 Å². The molecule has 0 unspecified atom stereocenters. The molecule has 3 aromatic rings. The van der Waals surface area contributed by atoms with Gasteiger partial charge in [-0.25, -0.2) is 9.59 Å². The number of benzene rings is 2. The van der Waals surface area contributed by atoms with E-state index in [-0.39, 0.29) is 27.5 Å². The van der Waals surface area contributed by atoms with Gasteiger partial charge < -0.3 is 33.6 Å². The number of carboxylic acid groups (broad SMARTS) is 2. The van der Waals surface area contributed by atoms with Crippen LogP contribution in [0.25, 0.3) is 17.5 Å². The summed E-state index contributed by atoms with van der Waals surface area (Å²) in [5.74, 6) is -0.640. The van der Waals surface area contributed by atoms with E-state index in [9.17, 15) is 14.7 Å². The van der Waals surface area contributed by atoms with Crippen molar-refractivity contribution in [2.75, 3.05) is 27.9 Å². The summed E-state index contributed by atoms with van der Waals surface area (Å²) in [6.45, 7) is -0.545. The van der Waals surface area contributed by atoms with Crippen LogP contribution >= 0.6 is 34.4 Å². The van der Waals surface area contributed by atoms with E-state index in [2.05, 4.69) is 10.2 Å². The van der Waals surface area contributed by atoms with E-state index in [0.717, 1.165) is 11.8 Å². The van der Waals surface area contributed by atoms with E-state index < -0.39 is 18.5 Å². The quantitative estimate of drug-likeness (QED) is 0.182. The zero-order chi connectivity index (χ0) is 25.5. The lowest BCUT2D eigenvalue weighted by atomic mass is 10.2. The predicted molar refractivity (Wildman–Crippen MR) is 133 cm³/mol. The Morgan fingerprint density at radius 1 is 1.03 bits per heavy atom. The van der Waals surface area contributed by atoms with Gasteiger partial charge in [0.25, 0.3) is 5.22 Å². The maximum Gasteiger partial charge on any atom is 0.342 e. The molecule has 0 aliphatic rings. The first-order valence-corrected chi connectivity index (χ1v) is 11.6. The number of ether oxygens (including phenoxy) is 4. The van der Waals surface area contributed by atoms with Crippen molar-refractivity contribution in [1.29, 1.82) is 0 Å². The summed E-state index contributed by atoms with van der Waals surface area (Å²) in [6.07, 6.45) is 1.40. The van der Waals surface area contributed by atoms with Crippen molar-refractivity contribution in [1.82, 2.24) is 10.2 Å². The van der Waals surface area contributed by atoms with Crippen molar-refractivity contribution in [2.45, 2.75) is 5.22 Å². The molecule has 0 saturated carbocycles. The van der Waals surface area contributed by atoms with Crippen LogP contribution in [-0.2, 0) is 9.59 Å². The van der Waals surface area contributed by atoms with E-state index in [4.69, 9.17) is 28.5 Å². The first-order chi connectivity index (χ1) is 16.7. The predicted octanol–water partition coefficient (Wildman–Crippen LogP) is 4.05. The first kappa shape index (κ1) is 26.2. The summed E-state index contributed by atoms with van der Waals surface area (Å²) in [4.78, 5) is 22.6. The number of thioether (sulfide) groups is 1. The molecule has 0 saturated heterocycles. The van der Waals surface area contributed by atoms with E-state index in [1.54, 1.807) is 24.3 Å². The second-order valence-corrected chi connectivity index (χ2v) is 8.76. The molecule has 1 aromatic heterocycles. The number of aliphatic carboxylic acids is 2. The van der Waals surface area contributed by atoms with Crippen LogP contribution in [-0.4, -0.2) is 60.3 Å². The van der Waals surface area contributed by atoms with Crippen molar-refractivity contribution in [3.63, 3.8) is 0 Å². The molecular weight excluding hydrogens is 595 g/mol. The number of aromatic nitrogens is 2. The standard InChI is InChI=1S/C22H19IN2O9S/c1-30-13-7-12(8-14(9-13)31-2)20-24-25-22(34-20)35-17(21(28)29)6-11-4-15(23)19(16(5-11)32-3)33-10-18(26)27/h4-9H,10H2,1-3H3,(H,26,27)(H,28,29)/b17-6-. The molecule has 0 atom stereocenters. The molecule has 0 radical (unpaired) electrons. The molecule has 0 amide bonds. The van der Waals surface area contributed by atoms with Crippen LogP contribution in [0.1, 0.15) is 5.56 Å². The van der Waals surface area contributed by atoms with Gasteiger partial charge in [-0.1, -0.05) is 0 Å². The van der Waals surface area contributed by atoms with Crippen LogP contribution in [0.4, 0.5) is 0 Å². The molecule has 11 nitrogen and oxygen atoms in total. The Hall–Kier alpha value is -3.46. The van der Waals surface area contributed by atoms with E-state index >= 15 is 0 Å². The number of rotatable bonds is 11. The molecule has 0 aliphatic heterocycles. The SMILES string of the molecule is COc1cc(OC)cc(-c2nnc(S/C(=C\c3cc(I)c(OCC(=O)O)c(OC)c3)C(=O)O)o2)c1. The number of carboxylic acids is 2. The van der Waals surface area contributed by atoms with Crippen molar-refractivity contribution < 1.29 is 43.2 Å². The highest BCUT2D eigenvalue weighted by Gasteiger charge is 2.19. The molecule has 2 N–H and O–H groups in total. The lowest BCUT2D eigenvalue weighted by Gasteiger charge is -2.12. The van der Waals surface area contributed by atoms with Crippen LogP contribution in [0.15, 0.2) is 44.9 Å². The third-order valence-corrected chi connectivity index (χ3v) is 5.96. The summed E-state index contributed by atoms with van der Waals surface area (Å²) in [7, 11) is 4.42. The van der Waals surface area contributed by atoms with Crippen LogP contribution in [0.5, 0.6) is 23.0 Å². The molecule has 13 heteroatoms. The van der Waals surface area contributed by atoms with Crippen LogP contribution < -0.4 is 18.9 Å². The van der Waals surface area contributed by atoms with Crippen LogP contribution in [0, 0.1) is 3.57 Å². The molecule has 2 aromatic carbocycles. The van der Waals surface area contributed by atoms with Crippen molar-refractivity contribution >= 4 is 52.4 Å². The molecule has 3 rings (SSSR count). The third-order valence-electron chi connectivity index (χ3n) is 4.30. The summed E-state index contributed by atoms with van der Waals surface area (Å²) in [6, 6.07) is 8.21. The molecule has 184 valence electrons. The molecule has 1 heterocycles. The Morgan fingerprint density at radius 2 is 1.71 bits per heavy atom. The van der Waals surface area contributed by atoms with Crippen LogP contribution in [0.2, 0.25) is 0 Å². The zero-order valence-corrected chi connectivity index (χ0v) is 21.6. The molecule has 0 fully saturated rings. The smallest absolute Gasteiger partial charge is 0.342 e. The average Bonchev–Trinajstić information content (AvgIpc) is 3.30. The first-order valence-electron chi connectivity index (χ1n) is 9.66. The molecule has 0 spiro atoms. The largest absolute Gasteiger partial charge is 0.497 e. The molecule has 0 bridgehead atoms. The van der Waals surface area contributed by atoms with Gasteiger partial charge >= 0.3 is 11.9 Å². The Bertz CT molecular complexity index is 1250. The zero-order valence-electron chi connectivity index (χ0n) is 18.6. The highest BCUT2D eigenvalue weighted by Crippen LogP contribution is 2.37. The van der Waals surface area contributed by atoms with E-state index in [1.165, 1.54) is 33.5 Å². The van der Waals surface area contributed by atoms with Gasteiger partial charge in [0.2, 0.25) is 5.89 Å². The van der Waals surface area contributed by atoms with E-state index in [0.29, 0.717) is 26.2 Å². The van der Waals surface area contributed by atoms with Crippen LogP contribution in [0.3, 0.4) is 0 Å². The highest BCUT2D eigenvalue weighted by molar-refractivity contribution is 14.1. The normalized spacial score (nSPS) is 11.1. The summed E-state index contributed by atoms with van der Waals surface area (Å²) >= 11 is 2.72. The summed E-state index contributed by atoms with van der Waals surface area (Å²) in [5.41, 5.74) is 1.02. The van der Waals surface area contributed by atoms with Crippen molar-refractivity contribution in [3.05, 3.63) is 44.4 Å². The minimum absolute atomic E-state index is 0.0125. The minimum Gasteiger partial charge on any atom is -0.497 e. The maximum atomic E-state index is 11.9. The van der Waals surface area contributed by atoms with Crippen molar-refractivity contribution in [2.24, 2.45) is 0 Å². The number of hydrogen-bond acceptors (Lipinski definition) is 10. The van der Waals surface area contributed by atoms with Gasteiger partial charge in [0.1, 0.15) is 16.4 Å². The number of carbonyl (C=O) groups is 2. The van der Waals surface area contributed by atoms with Gasteiger partial charge in [-0.05, 0) is 70.3 Å². The molecule has 0 aliphatic carbocycles. The van der Waals surface area contributed by atoms with Gasteiger partial charge in [0.05, 0.1) is 24.9 Å². The lowest BCUT2D eigenvalue weighted by molar-refractivity contribution is -0.139. The Morgan fingerprint density at radius 3 is 2.29 bits per heavy atom. The minimum atomic E-state index is -1.21. The second-order valence-electron chi connectivity index (χ2n) is 6.61. The topological polar surface area (TPSA) is 150 Å². The van der Waals surface area contributed by atoms with Gasteiger partial charge in [0, 0.05) is 11.6 Å². The monoisotopic (exact) mass is 614 g/mol. The Kier molecular flexibility index (Phi) is 8.81. The number of hydrogen-bond donors (Lipinski definition) is 2. The highest BCUT2D eigenvalue weighted by atomic mass is 127. The summed E-state index contributed by atoms with van der Waals surface area (Å²) in [5, 5.41) is 26.5. The number of methoxy groups -OCH3 is 3. The Labute approximate surface area is 217 Å². The maximum absolute atomic E-state index is 11.9. The fraction of sp³-hybridized carbons (Fsp3) is 0.182. The van der Waals surface area contributed by atoms with Crippen molar-refractivity contribution in [3.8, 4) is 34.5 Å².